The van der Waals surface area contributed by atoms with E-state index in [4.69, 9.17) is 21.1 Å². The van der Waals surface area contributed by atoms with Crippen molar-refractivity contribution in [3.8, 4) is 11.5 Å². The lowest BCUT2D eigenvalue weighted by atomic mass is 10.2. The van der Waals surface area contributed by atoms with Gasteiger partial charge in [-0.1, -0.05) is 30.3 Å². The molecule has 2 aromatic carbocycles. The van der Waals surface area contributed by atoms with Gasteiger partial charge in [-0.15, -0.1) is 0 Å². The lowest BCUT2D eigenvalue weighted by Crippen LogP contribution is -2.12. The third kappa shape index (κ3) is 4.76. The van der Waals surface area contributed by atoms with E-state index in [0.29, 0.717) is 41.0 Å². The Bertz CT molecular complexity index is 700. The number of nitrogens with one attached hydrogen (secondary N) is 1. The number of benzene rings is 2. The first kappa shape index (κ1) is 16.9. The molecule has 2 aromatic rings. The topological polar surface area (TPSA) is 47.6 Å². The van der Waals surface area contributed by atoms with Crippen LogP contribution in [0.25, 0.3) is 0 Å². The number of halogens is 1. The number of carbonyl (C=O) groups excluding carboxylic acids is 1. The molecular weight excluding hydrogens is 314 g/mol. The van der Waals surface area contributed by atoms with E-state index in [1.165, 1.54) is 0 Å². The van der Waals surface area contributed by atoms with Gasteiger partial charge in [0.25, 0.3) is 5.91 Å². The van der Waals surface area contributed by atoms with E-state index >= 15 is 0 Å². The van der Waals surface area contributed by atoms with E-state index in [1.807, 2.05) is 6.92 Å². The van der Waals surface area contributed by atoms with Crippen molar-refractivity contribution in [3.05, 3.63) is 65.7 Å². The number of hydrogen-bond acceptors (Lipinski definition) is 3. The molecule has 1 N–H and O–H groups in total. The molecule has 0 spiro atoms. The first-order chi connectivity index (χ1) is 11.1. The Balaban J connectivity index is 2.19. The average Bonchev–Trinajstić information content (AvgIpc) is 2.54. The van der Waals surface area contributed by atoms with Crippen molar-refractivity contribution in [2.24, 2.45) is 0 Å². The van der Waals surface area contributed by atoms with Crippen LogP contribution in [0.1, 0.15) is 17.3 Å². The van der Waals surface area contributed by atoms with Gasteiger partial charge in [-0.2, -0.15) is 0 Å². The highest BCUT2D eigenvalue weighted by molar-refractivity contribution is 6.30. The second-order valence-corrected chi connectivity index (χ2v) is 5.10. The van der Waals surface area contributed by atoms with E-state index < -0.39 is 0 Å². The van der Waals surface area contributed by atoms with E-state index in [2.05, 4.69) is 11.9 Å². The highest BCUT2D eigenvalue weighted by atomic mass is 35.5. The molecule has 23 heavy (non-hydrogen) atoms. The largest absolute Gasteiger partial charge is 0.490 e. The van der Waals surface area contributed by atoms with Crippen LogP contribution in [-0.4, -0.2) is 19.1 Å². The summed E-state index contributed by atoms with van der Waals surface area (Å²) in [5.74, 6) is 0.850. The van der Waals surface area contributed by atoms with Gasteiger partial charge in [0.1, 0.15) is 6.61 Å². The first-order valence-corrected chi connectivity index (χ1v) is 7.59. The second kappa shape index (κ2) is 8.25. The molecule has 0 aliphatic rings. The molecule has 0 heterocycles. The average molecular weight is 332 g/mol. The Morgan fingerprint density at radius 1 is 1.22 bits per heavy atom. The van der Waals surface area contributed by atoms with Crippen molar-refractivity contribution in [1.82, 2.24) is 0 Å². The van der Waals surface area contributed by atoms with Gasteiger partial charge in [-0.3, -0.25) is 4.79 Å². The van der Waals surface area contributed by atoms with Crippen LogP contribution in [0.2, 0.25) is 5.02 Å². The van der Waals surface area contributed by atoms with Gasteiger partial charge < -0.3 is 14.8 Å². The van der Waals surface area contributed by atoms with Crippen LogP contribution in [0.4, 0.5) is 5.69 Å². The second-order valence-electron chi connectivity index (χ2n) is 4.66. The maximum atomic E-state index is 12.3. The summed E-state index contributed by atoms with van der Waals surface area (Å²) in [5.41, 5.74) is 1.10. The van der Waals surface area contributed by atoms with Crippen LogP contribution in [0.3, 0.4) is 0 Å². The van der Waals surface area contributed by atoms with Gasteiger partial charge >= 0.3 is 0 Å². The number of ether oxygens (including phenoxy) is 2. The molecule has 0 saturated carbocycles. The van der Waals surface area contributed by atoms with Gasteiger partial charge in [0, 0.05) is 16.3 Å². The minimum Gasteiger partial charge on any atom is -0.490 e. The number of hydrogen-bond donors (Lipinski definition) is 1. The fourth-order valence-electron chi connectivity index (χ4n) is 1.96. The van der Waals surface area contributed by atoms with E-state index in [9.17, 15) is 4.79 Å². The molecule has 0 fully saturated rings. The van der Waals surface area contributed by atoms with Crippen molar-refractivity contribution in [2.75, 3.05) is 18.5 Å². The summed E-state index contributed by atoms with van der Waals surface area (Å²) < 4.78 is 11.0. The zero-order valence-electron chi connectivity index (χ0n) is 12.8. The fourth-order valence-corrected chi connectivity index (χ4v) is 2.15. The normalized spacial score (nSPS) is 10.0. The highest BCUT2D eigenvalue weighted by Gasteiger charge is 2.12. The van der Waals surface area contributed by atoms with Crippen molar-refractivity contribution in [3.63, 3.8) is 0 Å². The monoisotopic (exact) mass is 331 g/mol. The maximum Gasteiger partial charge on any atom is 0.255 e. The summed E-state index contributed by atoms with van der Waals surface area (Å²) >= 11 is 5.91. The number of carbonyl (C=O) groups is 1. The van der Waals surface area contributed by atoms with Crippen molar-refractivity contribution in [2.45, 2.75) is 6.92 Å². The molecule has 0 atom stereocenters. The van der Waals surface area contributed by atoms with E-state index in [0.717, 1.165) is 0 Å². The van der Waals surface area contributed by atoms with Crippen LogP contribution >= 0.6 is 11.6 Å². The smallest absolute Gasteiger partial charge is 0.255 e. The Hall–Kier alpha value is -2.46. The number of rotatable bonds is 7. The summed E-state index contributed by atoms with van der Waals surface area (Å²) in [5, 5.41) is 3.36. The summed E-state index contributed by atoms with van der Waals surface area (Å²) in [7, 11) is 0. The van der Waals surface area contributed by atoms with Gasteiger partial charge in [0.2, 0.25) is 0 Å². The molecule has 0 aliphatic heterocycles. The van der Waals surface area contributed by atoms with E-state index in [1.54, 1.807) is 48.5 Å². The summed E-state index contributed by atoms with van der Waals surface area (Å²) in [6.07, 6.45) is 1.65. The van der Waals surface area contributed by atoms with Gasteiger partial charge in [0.05, 0.1) is 6.61 Å². The van der Waals surface area contributed by atoms with Crippen molar-refractivity contribution in [1.29, 1.82) is 0 Å². The van der Waals surface area contributed by atoms with Crippen LogP contribution in [-0.2, 0) is 0 Å². The Kier molecular flexibility index (Phi) is 6.06. The molecule has 4 nitrogen and oxygen atoms in total. The lowest BCUT2D eigenvalue weighted by molar-refractivity contribution is 0.102. The minimum absolute atomic E-state index is 0.247. The third-order valence-electron chi connectivity index (χ3n) is 2.94. The standard InChI is InChI=1S/C18H18ClNO3/c1-3-10-23-16-9-8-13(11-17(16)22-4-2)18(21)20-15-7-5-6-14(19)12-15/h3,5-9,11-12H,1,4,10H2,2H3,(H,20,21). The molecule has 0 radical (unpaired) electrons. The van der Waals surface area contributed by atoms with Gasteiger partial charge in [-0.25, -0.2) is 0 Å². The predicted molar refractivity (Wildman–Crippen MR) is 92.7 cm³/mol. The maximum absolute atomic E-state index is 12.3. The van der Waals surface area contributed by atoms with Gasteiger partial charge in [0.15, 0.2) is 11.5 Å². The van der Waals surface area contributed by atoms with E-state index in [-0.39, 0.29) is 5.91 Å². The van der Waals surface area contributed by atoms with Crippen LogP contribution < -0.4 is 14.8 Å². The van der Waals surface area contributed by atoms with Crippen LogP contribution in [0, 0.1) is 0 Å². The Labute approximate surface area is 140 Å². The molecule has 0 bridgehead atoms. The minimum atomic E-state index is -0.247. The zero-order chi connectivity index (χ0) is 16.7. The van der Waals surface area contributed by atoms with Crippen LogP contribution in [0.5, 0.6) is 11.5 Å². The van der Waals surface area contributed by atoms with Crippen molar-refractivity contribution >= 4 is 23.2 Å². The molecule has 2 rings (SSSR count). The molecule has 0 aliphatic carbocycles. The van der Waals surface area contributed by atoms with Crippen LogP contribution in [0.15, 0.2) is 55.1 Å². The summed E-state index contributed by atoms with van der Waals surface area (Å²) in [4.78, 5) is 12.3. The third-order valence-corrected chi connectivity index (χ3v) is 3.18. The Morgan fingerprint density at radius 3 is 2.74 bits per heavy atom. The summed E-state index contributed by atoms with van der Waals surface area (Å²) in [6, 6.07) is 12.0. The zero-order valence-corrected chi connectivity index (χ0v) is 13.6. The number of anilines is 1. The molecule has 0 aromatic heterocycles. The SMILES string of the molecule is C=CCOc1ccc(C(=O)Nc2cccc(Cl)c2)cc1OCC. The Morgan fingerprint density at radius 2 is 2.04 bits per heavy atom. The molecule has 0 unspecified atom stereocenters. The molecule has 0 saturated heterocycles. The quantitative estimate of drug-likeness (QED) is 0.757. The number of amides is 1. The predicted octanol–water partition coefficient (Wildman–Crippen LogP) is 4.56. The molecule has 120 valence electrons. The first-order valence-electron chi connectivity index (χ1n) is 7.21. The highest BCUT2D eigenvalue weighted by Crippen LogP contribution is 2.29. The fraction of sp³-hybridized carbons (Fsp3) is 0.167. The van der Waals surface area contributed by atoms with Crippen molar-refractivity contribution < 1.29 is 14.3 Å². The lowest BCUT2D eigenvalue weighted by Gasteiger charge is -2.12. The molecular formula is C18H18ClNO3. The molecule has 5 heteroatoms. The molecule has 1 amide bonds. The van der Waals surface area contributed by atoms with Gasteiger partial charge in [-0.05, 0) is 43.3 Å². The summed E-state index contributed by atoms with van der Waals surface area (Å²) in [6.45, 7) is 6.33.